The second kappa shape index (κ2) is 7.60. The number of alkyl halides is 3. The number of halogens is 3. The number of piperidine rings is 1. The third kappa shape index (κ3) is 4.24. The zero-order valence-corrected chi connectivity index (χ0v) is 14.9. The minimum absolute atomic E-state index is 0.0120. The van der Waals surface area contributed by atoms with Gasteiger partial charge in [-0.1, -0.05) is 18.2 Å². The summed E-state index contributed by atoms with van der Waals surface area (Å²) in [6.45, 7) is 1.19. The zero-order valence-electron chi connectivity index (χ0n) is 14.9. The van der Waals surface area contributed by atoms with Crippen molar-refractivity contribution >= 4 is 5.91 Å². The normalized spacial score (nSPS) is 17.7. The lowest BCUT2D eigenvalue weighted by molar-refractivity contribution is -0.138. The van der Waals surface area contributed by atoms with Crippen molar-refractivity contribution in [3.05, 3.63) is 53.6 Å². The van der Waals surface area contributed by atoms with Crippen LogP contribution >= 0.6 is 0 Å². The van der Waals surface area contributed by atoms with Crippen LogP contribution in [0.2, 0.25) is 0 Å². The van der Waals surface area contributed by atoms with Crippen molar-refractivity contribution in [3.8, 4) is 16.9 Å². The van der Waals surface area contributed by atoms with Gasteiger partial charge in [-0.05, 0) is 48.2 Å². The lowest BCUT2D eigenvalue weighted by Crippen LogP contribution is -2.45. The maximum Gasteiger partial charge on any atom is 0.419 e. The highest BCUT2D eigenvalue weighted by molar-refractivity contribution is 5.94. The Morgan fingerprint density at radius 3 is 2.41 bits per heavy atom. The van der Waals surface area contributed by atoms with E-state index in [1.165, 1.54) is 13.2 Å². The number of likely N-dealkylation sites (tertiary alicyclic amines) is 1. The van der Waals surface area contributed by atoms with E-state index in [0.29, 0.717) is 29.8 Å². The molecule has 144 valence electrons. The van der Waals surface area contributed by atoms with Crippen molar-refractivity contribution in [3.63, 3.8) is 0 Å². The first kappa shape index (κ1) is 19.2. The molecule has 1 saturated heterocycles. The summed E-state index contributed by atoms with van der Waals surface area (Å²) in [7, 11) is 1.21. The molecular weight excluding hydrogens is 357 g/mol. The van der Waals surface area contributed by atoms with Gasteiger partial charge >= 0.3 is 6.18 Å². The first-order valence-corrected chi connectivity index (χ1v) is 8.70. The lowest BCUT2D eigenvalue weighted by atomic mass is 10.00. The van der Waals surface area contributed by atoms with Crippen LogP contribution in [0.25, 0.3) is 11.1 Å². The Morgan fingerprint density at radius 2 is 1.81 bits per heavy atom. The summed E-state index contributed by atoms with van der Waals surface area (Å²) in [5.74, 6) is -0.332. The number of nitrogens with two attached hydrogens (primary N) is 1. The monoisotopic (exact) mass is 378 g/mol. The molecule has 7 heteroatoms. The highest BCUT2D eigenvalue weighted by Gasteiger charge is 2.34. The molecule has 0 unspecified atom stereocenters. The van der Waals surface area contributed by atoms with E-state index in [9.17, 15) is 18.0 Å². The lowest BCUT2D eigenvalue weighted by Gasteiger charge is -2.30. The Bertz CT molecular complexity index is 819. The van der Waals surface area contributed by atoms with Gasteiger partial charge in [0.05, 0.1) is 12.7 Å². The van der Waals surface area contributed by atoms with E-state index >= 15 is 0 Å². The average molecular weight is 378 g/mol. The largest absolute Gasteiger partial charge is 0.496 e. The number of hydrogen-bond acceptors (Lipinski definition) is 3. The molecule has 0 bridgehead atoms. The minimum atomic E-state index is -4.51. The van der Waals surface area contributed by atoms with Crippen LogP contribution in [-0.2, 0) is 6.18 Å². The van der Waals surface area contributed by atoms with Crippen LogP contribution < -0.4 is 10.5 Å². The number of amides is 1. The molecule has 1 aliphatic rings. The van der Waals surface area contributed by atoms with Crippen molar-refractivity contribution in [1.29, 1.82) is 0 Å². The van der Waals surface area contributed by atoms with Crippen LogP contribution in [-0.4, -0.2) is 37.0 Å². The van der Waals surface area contributed by atoms with Crippen LogP contribution in [0.5, 0.6) is 5.75 Å². The molecular formula is C20H21F3N2O2. The van der Waals surface area contributed by atoms with Gasteiger partial charge in [0.2, 0.25) is 0 Å². The Hall–Kier alpha value is -2.54. The maximum absolute atomic E-state index is 13.2. The Morgan fingerprint density at radius 1 is 1.15 bits per heavy atom. The highest BCUT2D eigenvalue weighted by atomic mass is 19.4. The number of carbonyl (C=O) groups excluding carboxylic acids is 1. The number of carbonyl (C=O) groups is 1. The molecule has 0 aromatic heterocycles. The third-order valence-corrected chi connectivity index (χ3v) is 4.72. The van der Waals surface area contributed by atoms with E-state index in [2.05, 4.69) is 0 Å². The SMILES string of the molecule is COc1ccc(-c2ccc(C(=O)N3CCC[C@@H](N)C3)cc2)cc1C(F)(F)F. The van der Waals surface area contributed by atoms with E-state index in [0.717, 1.165) is 18.9 Å². The fraction of sp³-hybridized carbons (Fsp3) is 0.350. The van der Waals surface area contributed by atoms with Crippen molar-refractivity contribution in [2.75, 3.05) is 20.2 Å². The van der Waals surface area contributed by atoms with E-state index in [1.807, 2.05) is 0 Å². The minimum Gasteiger partial charge on any atom is -0.496 e. The van der Waals surface area contributed by atoms with Crippen molar-refractivity contribution in [1.82, 2.24) is 4.90 Å². The summed E-state index contributed by atoms with van der Waals surface area (Å²) in [6, 6.07) is 10.5. The maximum atomic E-state index is 13.2. The summed E-state index contributed by atoms with van der Waals surface area (Å²) in [5.41, 5.74) is 6.58. The second-order valence-electron chi connectivity index (χ2n) is 6.64. The van der Waals surface area contributed by atoms with Gasteiger partial charge in [-0.2, -0.15) is 13.2 Å². The van der Waals surface area contributed by atoms with Gasteiger partial charge < -0.3 is 15.4 Å². The average Bonchev–Trinajstić information content (AvgIpc) is 2.66. The smallest absolute Gasteiger partial charge is 0.419 e. The number of benzene rings is 2. The molecule has 0 radical (unpaired) electrons. The topological polar surface area (TPSA) is 55.6 Å². The second-order valence-corrected chi connectivity index (χ2v) is 6.64. The van der Waals surface area contributed by atoms with E-state index in [-0.39, 0.29) is 17.7 Å². The predicted octanol–water partition coefficient (Wildman–Crippen LogP) is 3.94. The highest BCUT2D eigenvalue weighted by Crippen LogP contribution is 2.38. The van der Waals surface area contributed by atoms with Crippen LogP contribution in [0.15, 0.2) is 42.5 Å². The molecule has 1 atom stereocenters. The van der Waals surface area contributed by atoms with Crippen LogP contribution in [0.3, 0.4) is 0 Å². The number of rotatable bonds is 3. The van der Waals surface area contributed by atoms with Gasteiger partial charge in [0, 0.05) is 24.7 Å². The molecule has 2 aromatic rings. The molecule has 4 nitrogen and oxygen atoms in total. The first-order valence-electron chi connectivity index (χ1n) is 8.70. The molecule has 1 heterocycles. The number of ether oxygens (including phenoxy) is 1. The molecule has 1 amide bonds. The van der Waals surface area contributed by atoms with Gasteiger partial charge in [0.25, 0.3) is 5.91 Å². The van der Waals surface area contributed by atoms with Gasteiger partial charge in [-0.25, -0.2) is 0 Å². The standard InChI is InChI=1S/C20H21F3N2O2/c1-27-18-9-8-15(11-17(18)20(21,22)23)13-4-6-14(7-5-13)19(26)25-10-2-3-16(24)12-25/h4-9,11,16H,2-3,10,12,24H2,1H3/t16-/m1/s1. The van der Waals surface area contributed by atoms with E-state index in [1.54, 1.807) is 35.2 Å². The van der Waals surface area contributed by atoms with Crippen molar-refractivity contribution in [2.45, 2.75) is 25.1 Å². The molecule has 2 aromatic carbocycles. The Balaban J connectivity index is 1.84. The van der Waals surface area contributed by atoms with Gasteiger partial charge in [0.15, 0.2) is 0 Å². The van der Waals surface area contributed by atoms with Crippen LogP contribution in [0.1, 0.15) is 28.8 Å². The zero-order chi connectivity index (χ0) is 19.6. The third-order valence-electron chi connectivity index (χ3n) is 4.72. The summed E-state index contributed by atoms with van der Waals surface area (Å²) in [4.78, 5) is 14.3. The molecule has 0 spiro atoms. The molecule has 0 saturated carbocycles. The Kier molecular flexibility index (Phi) is 5.41. The fourth-order valence-electron chi connectivity index (χ4n) is 3.29. The molecule has 3 rings (SSSR count). The fourth-order valence-corrected chi connectivity index (χ4v) is 3.29. The number of hydrogen-bond donors (Lipinski definition) is 1. The van der Waals surface area contributed by atoms with Crippen LogP contribution in [0.4, 0.5) is 13.2 Å². The quantitative estimate of drug-likeness (QED) is 0.880. The van der Waals surface area contributed by atoms with Gasteiger partial charge in [0.1, 0.15) is 5.75 Å². The molecule has 27 heavy (non-hydrogen) atoms. The summed E-state index contributed by atoms with van der Waals surface area (Å²) >= 11 is 0. The van der Waals surface area contributed by atoms with Crippen molar-refractivity contribution < 1.29 is 22.7 Å². The molecule has 1 aliphatic heterocycles. The molecule has 1 fully saturated rings. The van der Waals surface area contributed by atoms with Gasteiger partial charge in [-0.15, -0.1) is 0 Å². The molecule has 2 N–H and O–H groups in total. The first-order chi connectivity index (χ1) is 12.8. The number of nitrogens with zero attached hydrogens (tertiary/aromatic N) is 1. The van der Waals surface area contributed by atoms with E-state index in [4.69, 9.17) is 10.5 Å². The predicted molar refractivity (Wildman–Crippen MR) is 96.5 cm³/mol. The summed E-state index contributed by atoms with van der Waals surface area (Å²) < 4.78 is 44.4. The van der Waals surface area contributed by atoms with Crippen LogP contribution in [0, 0.1) is 0 Å². The van der Waals surface area contributed by atoms with Gasteiger partial charge in [-0.3, -0.25) is 4.79 Å². The Labute approximate surface area is 155 Å². The summed E-state index contributed by atoms with van der Waals surface area (Å²) in [5, 5.41) is 0. The molecule has 0 aliphatic carbocycles. The summed E-state index contributed by atoms with van der Waals surface area (Å²) in [6.07, 6.45) is -2.73. The van der Waals surface area contributed by atoms with E-state index < -0.39 is 11.7 Å². The number of methoxy groups -OCH3 is 1. The van der Waals surface area contributed by atoms with Crippen molar-refractivity contribution in [2.24, 2.45) is 5.73 Å².